The van der Waals surface area contributed by atoms with Gasteiger partial charge in [-0.1, -0.05) is 19.3 Å². The average Bonchev–Trinajstić information content (AvgIpc) is 2.53. The minimum Gasteiger partial charge on any atom is -0.324 e. The van der Waals surface area contributed by atoms with Crippen molar-refractivity contribution < 1.29 is 4.21 Å². The van der Waals surface area contributed by atoms with E-state index in [0.29, 0.717) is 5.25 Å². The molecule has 2 unspecified atom stereocenters. The van der Waals surface area contributed by atoms with Gasteiger partial charge in [0.25, 0.3) is 0 Å². The first kappa shape index (κ1) is 9.66. The van der Waals surface area contributed by atoms with Gasteiger partial charge >= 0.3 is 0 Å². The average molecular weight is 201 g/mol. The van der Waals surface area contributed by atoms with Gasteiger partial charge < -0.3 is 5.73 Å². The molecule has 2 fully saturated rings. The van der Waals surface area contributed by atoms with Crippen molar-refractivity contribution in [2.45, 2.75) is 55.7 Å². The summed E-state index contributed by atoms with van der Waals surface area (Å²) in [5, 5.41) is 0.313. The minimum atomic E-state index is -0.623. The van der Waals surface area contributed by atoms with Crippen LogP contribution in [0.15, 0.2) is 0 Å². The van der Waals surface area contributed by atoms with E-state index in [1.165, 1.54) is 19.3 Å². The van der Waals surface area contributed by atoms with Crippen molar-refractivity contribution in [3.8, 4) is 0 Å². The van der Waals surface area contributed by atoms with E-state index in [-0.39, 0.29) is 5.54 Å². The zero-order valence-electron chi connectivity index (χ0n) is 8.13. The summed E-state index contributed by atoms with van der Waals surface area (Å²) in [6.45, 7) is 0. The van der Waals surface area contributed by atoms with Crippen LogP contribution in [0.2, 0.25) is 0 Å². The van der Waals surface area contributed by atoms with E-state index in [0.717, 1.165) is 31.4 Å². The van der Waals surface area contributed by atoms with Gasteiger partial charge in [-0.2, -0.15) is 0 Å². The van der Waals surface area contributed by atoms with Crippen LogP contribution in [0.25, 0.3) is 0 Å². The Morgan fingerprint density at radius 3 is 2.38 bits per heavy atom. The largest absolute Gasteiger partial charge is 0.324 e. The van der Waals surface area contributed by atoms with Crippen molar-refractivity contribution >= 4 is 10.8 Å². The van der Waals surface area contributed by atoms with Gasteiger partial charge in [0.15, 0.2) is 0 Å². The van der Waals surface area contributed by atoms with Gasteiger partial charge in [0.2, 0.25) is 0 Å². The lowest BCUT2D eigenvalue weighted by atomic mass is 9.79. The van der Waals surface area contributed by atoms with Gasteiger partial charge in [-0.25, -0.2) is 0 Å². The molecule has 0 bridgehead atoms. The molecule has 0 amide bonds. The second kappa shape index (κ2) is 3.70. The van der Waals surface area contributed by atoms with E-state index in [4.69, 9.17) is 5.73 Å². The van der Waals surface area contributed by atoms with Crippen LogP contribution in [0, 0.1) is 0 Å². The zero-order valence-corrected chi connectivity index (χ0v) is 8.94. The molecule has 1 aliphatic heterocycles. The number of nitrogens with two attached hydrogens (primary N) is 1. The van der Waals surface area contributed by atoms with Gasteiger partial charge in [-0.05, 0) is 25.7 Å². The van der Waals surface area contributed by atoms with Crippen molar-refractivity contribution in [1.29, 1.82) is 0 Å². The van der Waals surface area contributed by atoms with Crippen LogP contribution in [-0.2, 0) is 10.8 Å². The Hall–Kier alpha value is 0.110. The topological polar surface area (TPSA) is 43.1 Å². The molecule has 0 spiro atoms. The summed E-state index contributed by atoms with van der Waals surface area (Å²) in [5.74, 6) is 0.892. The maximum atomic E-state index is 11.7. The summed E-state index contributed by atoms with van der Waals surface area (Å²) in [6, 6.07) is 0. The van der Waals surface area contributed by atoms with Crippen LogP contribution in [0.5, 0.6) is 0 Å². The Labute approximate surface area is 82.7 Å². The Balaban J connectivity index is 2.07. The van der Waals surface area contributed by atoms with E-state index < -0.39 is 10.8 Å². The summed E-state index contributed by atoms with van der Waals surface area (Å²) in [5.41, 5.74) is 6.29. The third kappa shape index (κ3) is 1.82. The van der Waals surface area contributed by atoms with E-state index in [9.17, 15) is 4.21 Å². The molecule has 13 heavy (non-hydrogen) atoms. The first-order valence-electron chi connectivity index (χ1n) is 5.38. The quantitative estimate of drug-likeness (QED) is 0.699. The van der Waals surface area contributed by atoms with Crippen LogP contribution in [0.4, 0.5) is 0 Å². The molecule has 2 nitrogen and oxygen atoms in total. The maximum Gasteiger partial charge on any atom is 0.0527 e. The van der Waals surface area contributed by atoms with Gasteiger partial charge in [-0.15, -0.1) is 0 Å². The SMILES string of the molecule is NC1(C2CCCS2=O)CCCCC1. The summed E-state index contributed by atoms with van der Waals surface area (Å²) >= 11 is 0. The normalized spacial score (nSPS) is 39.2. The first-order valence-corrected chi connectivity index (χ1v) is 6.77. The highest BCUT2D eigenvalue weighted by atomic mass is 32.2. The number of hydrogen-bond acceptors (Lipinski definition) is 2. The van der Waals surface area contributed by atoms with Crippen molar-refractivity contribution in [2.75, 3.05) is 5.75 Å². The first-order chi connectivity index (χ1) is 6.22. The Morgan fingerprint density at radius 1 is 1.15 bits per heavy atom. The fourth-order valence-corrected chi connectivity index (χ4v) is 4.69. The van der Waals surface area contributed by atoms with E-state index in [2.05, 4.69) is 0 Å². The molecule has 0 aromatic rings. The lowest BCUT2D eigenvalue weighted by molar-refractivity contribution is 0.282. The van der Waals surface area contributed by atoms with Gasteiger partial charge in [0.05, 0.1) is 5.25 Å². The molecule has 0 radical (unpaired) electrons. The molecule has 2 N–H and O–H groups in total. The number of rotatable bonds is 1. The Morgan fingerprint density at radius 2 is 1.85 bits per heavy atom. The van der Waals surface area contributed by atoms with Crippen LogP contribution in [0.1, 0.15) is 44.9 Å². The third-order valence-electron chi connectivity index (χ3n) is 3.55. The highest BCUT2D eigenvalue weighted by Crippen LogP contribution is 2.35. The monoisotopic (exact) mass is 201 g/mol. The highest BCUT2D eigenvalue weighted by Gasteiger charge is 2.41. The molecule has 1 saturated carbocycles. The molecule has 2 rings (SSSR count). The molecule has 2 atom stereocenters. The zero-order chi connectivity index (χ0) is 9.31. The smallest absolute Gasteiger partial charge is 0.0527 e. The predicted molar refractivity (Wildman–Crippen MR) is 56.0 cm³/mol. The minimum absolute atomic E-state index is 0.0698. The van der Waals surface area contributed by atoms with Gasteiger partial charge in [0.1, 0.15) is 0 Å². The van der Waals surface area contributed by atoms with Gasteiger partial charge in [-0.3, -0.25) is 4.21 Å². The van der Waals surface area contributed by atoms with E-state index in [1.807, 2.05) is 0 Å². The summed E-state index contributed by atoms with van der Waals surface area (Å²) < 4.78 is 11.7. The molecule has 2 aliphatic rings. The van der Waals surface area contributed by atoms with E-state index in [1.54, 1.807) is 0 Å². The summed E-state index contributed by atoms with van der Waals surface area (Å²) in [6.07, 6.45) is 8.22. The fraction of sp³-hybridized carbons (Fsp3) is 1.00. The molecular weight excluding hydrogens is 182 g/mol. The molecule has 0 aromatic heterocycles. The summed E-state index contributed by atoms with van der Waals surface area (Å²) in [7, 11) is -0.623. The predicted octanol–water partition coefficient (Wildman–Crippen LogP) is 1.56. The molecule has 3 heteroatoms. The second-order valence-electron chi connectivity index (χ2n) is 4.51. The van der Waals surface area contributed by atoms with Crippen LogP contribution in [0.3, 0.4) is 0 Å². The molecule has 1 heterocycles. The second-order valence-corrected chi connectivity index (χ2v) is 6.25. The molecule has 1 saturated heterocycles. The lowest BCUT2D eigenvalue weighted by Crippen LogP contribution is -2.52. The molecule has 76 valence electrons. The lowest BCUT2D eigenvalue weighted by Gasteiger charge is -2.37. The summed E-state index contributed by atoms with van der Waals surface area (Å²) in [4.78, 5) is 0. The fourth-order valence-electron chi connectivity index (χ4n) is 2.77. The van der Waals surface area contributed by atoms with Crippen LogP contribution >= 0.6 is 0 Å². The van der Waals surface area contributed by atoms with Crippen molar-refractivity contribution in [1.82, 2.24) is 0 Å². The Bertz CT molecular complexity index is 211. The van der Waals surface area contributed by atoms with Crippen LogP contribution in [-0.4, -0.2) is 20.8 Å². The Kier molecular flexibility index (Phi) is 2.75. The molecule has 0 aromatic carbocycles. The van der Waals surface area contributed by atoms with Crippen molar-refractivity contribution in [3.63, 3.8) is 0 Å². The molecular formula is C10H19NOS. The molecule has 1 aliphatic carbocycles. The standard InChI is InChI=1S/C10H19NOS/c11-10(6-2-1-3-7-10)9-5-4-8-13(9)12/h9H,1-8,11H2. The van der Waals surface area contributed by atoms with Crippen molar-refractivity contribution in [3.05, 3.63) is 0 Å². The van der Waals surface area contributed by atoms with Crippen LogP contribution < -0.4 is 5.73 Å². The third-order valence-corrected chi connectivity index (χ3v) is 5.59. The van der Waals surface area contributed by atoms with Gasteiger partial charge in [0, 0.05) is 22.1 Å². The maximum absolute atomic E-state index is 11.7. The highest BCUT2D eigenvalue weighted by molar-refractivity contribution is 7.86. The van der Waals surface area contributed by atoms with E-state index >= 15 is 0 Å². The van der Waals surface area contributed by atoms with Crippen molar-refractivity contribution in [2.24, 2.45) is 5.73 Å². The number of hydrogen-bond donors (Lipinski definition) is 1.